The minimum absolute atomic E-state index is 0.124. The van der Waals surface area contributed by atoms with E-state index >= 15 is 0 Å². The predicted molar refractivity (Wildman–Crippen MR) is 89.2 cm³/mol. The van der Waals surface area contributed by atoms with Crippen molar-refractivity contribution in [2.75, 3.05) is 0 Å². The fourth-order valence-corrected chi connectivity index (χ4v) is 1.84. The van der Waals surface area contributed by atoms with Gasteiger partial charge in [0.15, 0.2) is 0 Å². The van der Waals surface area contributed by atoms with Crippen molar-refractivity contribution >= 4 is 35.2 Å². The van der Waals surface area contributed by atoms with Gasteiger partial charge in [0.2, 0.25) is 0 Å². The van der Waals surface area contributed by atoms with Crippen LogP contribution >= 0.6 is 11.6 Å². The molecule has 0 aliphatic heterocycles. The Morgan fingerprint density at radius 2 is 1.62 bits per heavy atom. The first-order chi connectivity index (χ1) is 11.5. The van der Waals surface area contributed by atoms with Crippen molar-refractivity contribution in [3.63, 3.8) is 0 Å². The molecule has 8 heteroatoms. The highest BCUT2D eigenvalue weighted by Gasteiger charge is 2.09. The molecule has 2 N–H and O–H groups in total. The average molecular weight is 346 g/mol. The molecule has 0 aliphatic carbocycles. The van der Waals surface area contributed by atoms with Crippen LogP contribution in [0.4, 0.5) is 5.69 Å². The maximum absolute atomic E-state index is 11.8. The number of nitro benzene ring substituents is 1. The molecule has 0 radical (unpaired) electrons. The number of carbonyl (C=O) groups excluding carboxylic acids is 2. The van der Waals surface area contributed by atoms with E-state index < -0.39 is 16.7 Å². The van der Waals surface area contributed by atoms with E-state index in [1.165, 1.54) is 30.3 Å². The summed E-state index contributed by atoms with van der Waals surface area (Å²) >= 11 is 5.76. The molecule has 0 heterocycles. The van der Waals surface area contributed by atoms with E-state index in [2.05, 4.69) is 10.9 Å². The molecule has 2 aromatic rings. The summed E-state index contributed by atoms with van der Waals surface area (Å²) in [5, 5.41) is 11.1. The van der Waals surface area contributed by atoms with Crippen LogP contribution in [0.25, 0.3) is 6.08 Å². The molecule has 2 aromatic carbocycles. The second-order valence-corrected chi connectivity index (χ2v) is 5.07. The second-order valence-electron chi connectivity index (χ2n) is 4.63. The van der Waals surface area contributed by atoms with Crippen LogP contribution in [0.3, 0.4) is 0 Å². The van der Waals surface area contributed by atoms with Gasteiger partial charge in [-0.2, -0.15) is 0 Å². The molecule has 122 valence electrons. The fourth-order valence-electron chi connectivity index (χ4n) is 1.71. The molecule has 0 aromatic heterocycles. The summed E-state index contributed by atoms with van der Waals surface area (Å²) in [6.45, 7) is 0. The minimum Gasteiger partial charge on any atom is -0.268 e. The van der Waals surface area contributed by atoms with Crippen LogP contribution in [0, 0.1) is 10.1 Å². The van der Waals surface area contributed by atoms with Crippen LogP contribution in [0.2, 0.25) is 5.02 Å². The SMILES string of the molecule is O=C(/C=C/c1ccc(Cl)cc1)NNC(=O)c1ccc([N+](=O)[O-])cc1. The first-order valence-corrected chi connectivity index (χ1v) is 7.12. The number of rotatable bonds is 4. The van der Waals surface area contributed by atoms with E-state index in [-0.39, 0.29) is 11.3 Å². The summed E-state index contributed by atoms with van der Waals surface area (Å²) < 4.78 is 0. The third-order valence-electron chi connectivity index (χ3n) is 2.94. The minimum atomic E-state index is -0.585. The van der Waals surface area contributed by atoms with Crippen molar-refractivity contribution in [3.8, 4) is 0 Å². The number of non-ortho nitro benzene ring substituents is 1. The first kappa shape index (κ1) is 17.2. The zero-order chi connectivity index (χ0) is 17.5. The van der Waals surface area contributed by atoms with Gasteiger partial charge in [-0.3, -0.25) is 30.6 Å². The van der Waals surface area contributed by atoms with Crippen molar-refractivity contribution in [1.82, 2.24) is 10.9 Å². The number of hydrogen-bond acceptors (Lipinski definition) is 4. The zero-order valence-corrected chi connectivity index (χ0v) is 13.0. The highest BCUT2D eigenvalue weighted by Crippen LogP contribution is 2.12. The molecule has 0 saturated carbocycles. The Labute approximate surface area is 142 Å². The highest BCUT2D eigenvalue weighted by molar-refractivity contribution is 6.30. The number of hydrazine groups is 1. The van der Waals surface area contributed by atoms with Crippen LogP contribution in [0.5, 0.6) is 0 Å². The number of nitro groups is 1. The van der Waals surface area contributed by atoms with Crippen LogP contribution in [-0.2, 0) is 4.79 Å². The van der Waals surface area contributed by atoms with Crippen LogP contribution < -0.4 is 10.9 Å². The molecule has 0 saturated heterocycles. The van der Waals surface area contributed by atoms with Gasteiger partial charge in [-0.15, -0.1) is 0 Å². The number of nitrogens with zero attached hydrogens (tertiary/aromatic N) is 1. The van der Waals surface area contributed by atoms with Gasteiger partial charge >= 0.3 is 0 Å². The Balaban J connectivity index is 1.87. The van der Waals surface area contributed by atoms with Crippen LogP contribution in [0.15, 0.2) is 54.6 Å². The van der Waals surface area contributed by atoms with Gasteiger partial charge in [0.05, 0.1) is 4.92 Å². The first-order valence-electron chi connectivity index (χ1n) is 6.74. The monoisotopic (exact) mass is 345 g/mol. The van der Waals surface area contributed by atoms with E-state index in [4.69, 9.17) is 11.6 Å². The molecule has 0 atom stereocenters. The standard InChI is InChI=1S/C16H12ClN3O4/c17-13-6-1-11(2-7-13)3-10-15(21)18-19-16(22)12-4-8-14(9-5-12)20(23)24/h1-10H,(H,18,21)(H,19,22)/b10-3+. The lowest BCUT2D eigenvalue weighted by molar-refractivity contribution is -0.384. The third kappa shape index (κ3) is 4.92. The van der Waals surface area contributed by atoms with Crippen LogP contribution in [-0.4, -0.2) is 16.7 Å². The Morgan fingerprint density at radius 1 is 1.00 bits per heavy atom. The topological polar surface area (TPSA) is 101 Å². The molecular formula is C16H12ClN3O4. The summed E-state index contributed by atoms with van der Waals surface area (Å²) in [5.41, 5.74) is 5.26. The lowest BCUT2D eigenvalue weighted by Crippen LogP contribution is -2.40. The molecule has 7 nitrogen and oxygen atoms in total. The molecule has 0 spiro atoms. The zero-order valence-electron chi connectivity index (χ0n) is 12.2. The Hall–Kier alpha value is -3.19. The number of benzene rings is 2. The lowest BCUT2D eigenvalue weighted by atomic mass is 10.2. The molecule has 24 heavy (non-hydrogen) atoms. The van der Waals surface area contributed by atoms with E-state index in [1.54, 1.807) is 30.3 Å². The van der Waals surface area contributed by atoms with Crippen molar-refractivity contribution < 1.29 is 14.5 Å². The summed E-state index contributed by atoms with van der Waals surface area (Å²) in [4.78, 5) is 33.4. The summed E-state index contributed by atoms with van der Waals surface area (Å²) in [5.74, 6) is -1.11. The normalized spacial score (nSPS) is 10.4. The van der Waals surface area contributed by atoms with E-state index in [0.29, 0.717) is 5.02 Å². The van der Waals surface area contributed by atoms with E-state index in [9.17, 15) is 19.7 Å². The largest absolute Gasteiger partial charge is 0.269 e. The van der Waals surface area contributed by atoms with Gasteiger partial charge < -0.3 is 0 Å². The summed E-state index contributed by atoms with van der Waals surface area (Å²) in [7, 11) is 0. The van der Waals surface area contributed by atoms with Crippen molar-refractivity contribution in [3.05, 3.63) is 80.9 Å². The maximum Gasteiger partial charge on any atom is 0.269 e. The molecular weight excluding hydrogens is 334 g/mol. The van der Waals surface area contributed by atoms with Crippen molar-refractivity contribution in [2.24, 2.45) is 0 Å². The molecule has 2 rings (SSSR count). The smallest absolute Gasteiger partial charge is 0.268 e. The second kappa shape index (κ2) is 7.89. The number of hydrogen-bond donors (Lipinski definition) is 2. The van der Waals surface area contributed by atoms with E-state index in [0.717, 1.165) is 5.56 Å². The predicted octanol–water partition coefficient (Wildman–Crippen LogP) is 2.72. The van der Waals surface area contributed by atoms with Crippen LogP contribution in [0.1, 0.15) is 15.9 Å². The van der Waals surface area contributed by atoms with Gasteiger partial charge in [0.25, 0.3) is 17.5 Å². The van der Waals surface area contributed by atoms with Gasteiger partial charge in [0, 0.05) is 28.8 Å². The van der Waals surface area contributed by atoms with Gasteiger partial charge in [-0.25, -0.2) is 0 Å². The highest BCUT2D eigenvalue weighted by atomic mass is 35.5. The quantitative estimate of drug-likeness (QED) is 0.505. The van der Waals surface area contributed by atoms with Crippen molar-refractivity contribution in [2.45, 2.75) is 0 Å². The number of nitrogens with one attached hydrogen (secondary N) is 2. The molecule has 2 amide bonds. The summed E-state index contributed by atoms with van der Waals surface area (Å²) in [6, 6.07) is 11.9. The number of carbonyl (C=O) groups is 2. The maximum atomic E-state index is 11.8. The fraction of sp³-hybridized carbons (Fsp3) is 0. The third-order valence-corrected chi connectivity index (χ3v) is 3.19. The van der Waals surface area contributed by atoms with E-state index in [1.807, 2.05) is 0 Å². The number of halogens is 1. The van der Waals surface area contributed by atoms with Gasteiger partial charge in [-0.05, 0) is 35.9 Å². The Kier molecular flexibility index (Phi) is 5.64. The van der Waals surface area contributed by atoms with Gasteiger partial charge in [-0.1, -0.05) is 23.7 Å². The molecule has 0 unspecified atom stereocenters. The van der Waals surface area contributed by atoms with Crippen molar-refractivity contribution in [1.29, 1.82) is 0 Å². The lowest BCUT2D eigenvalue weighted by Gasteiger charge is -2.05. The molecule has 0 bridgehead atoms. The Bertz CT molecular complexity index is 786. The number of amides is 2. The molecule has 0 aliphatic rings. The Morgan fingerprint density at radius 3 is 2.21 bits per heavy atom. The van der Waals surface area contributed by atoms with Gasteiger partial charge in [0.1, 0.15) is 0 Å². The molecule has 0 fully saturated rings. The average Bonchev–Trinajstić information content (AvgIpc) is 2.59. The summed E-state index contributed by atoms with van der Waals surface area (Å²) in [6.07, 6.45) is 2.81.